The van der Waals surface area contributed by atoms with Crippen molar-refractivity contribution in [2.45, 2.75) is 38.2 Å². The van der Waals surface area contributed by atoms with Crippen LogP contribution in [0.2, 0.25) is 5.02 Å². The van der Waals surface area contributed by atoms with Gasteiger partial charge in [-0.05, 0) is 37.8 Å². The van der Waals surface area contributed by atoms with Gasteiger partial charge in [-0.1, -0.05) is 11.6 Å². The zero-order valence-corrected chi connectivity index (χ0v) is 11.4. The summed E-state index contributed by atoms with van der Waals surface area (Å²) in [7, 11) is 0. The van der Waals surface area contributed by atoms with E-state index in [1.807, 2.05) is 0 Å². The number of ether oxygens (including phenoxy) is 1. The Labute approximate surface area is 117 Å². The van der Waals surface area contributed by atoms with Crippen molar-refractivity contribution in [1.29, 1.82) is 0 Å². The third kappa shape index (κ3) is 4.40. The highest BCUT2D eigenvalue weighted by Gasteiger charge is 2.15. The first-order valence-electron chi connectivity index (χ1n) is 6.55. The number of hydrogen-bond donors (Lipinski definition) is 2. The molecule has 19 heavy (non-hydrogen) atoms. The summed E-state index contributed by atoms with van der Waals surface area (Å²) in [5, 5.41) is 12.5. The number of phenols is 1. The van der Waals surface area contributed by atoms with Gasteiger partial charge in [-0.25, -0.2) is 0 Å². The molecular formula is C14H18ClNO3. The molecule has 1 atom stereocenters. The van der Waals surface area contributed by atoms with E-state index in [0.717, 1.165) is 25.9 Å². The van der Waals surface area contributed by atoms with Crippen LogP contribution in [0.3, 0.4) is 0 Å². The fourth-order valence-corrected chi connectivity index (χ4v) is 2.26. The molecule has 1 aromatic carbocycles. The van der Waals surface area contributed by atoms with E-state index in [9.17, 15) is 9.90 Å². The summed E-state index contributed by atoms with van der Waals surface area (Å²) in [5.41, 5.74) is 0.552. The number of benzene rings is 1. The number of hydrogen-bond acceptors (Lipinski definition) is 3. The van der Waals surface area contributed by atoms with Gasteiger partial charge >= 0.3 is 0 Å². The monoisotopic (exact) mass is 283 g/mol. The average Bonchev–Trinajstić information content (AvgIpc) is 2.42. The Bertz CT molecular complexity index is 444. The van der Waals surface area contributed by atoms with Gasteiger partial charge in [0.25, 0.3) is 0 Å². The standard InChI is InChI=1S/C14H18ClNO3/c15-12-6-4-10(9-13(12)17)16-14(18)7-5-11-3-1-2-8-19-11/h4,6,9,11,17H,1-3,5,7-8H2,(H,16,18). The lowest BCUT2D eigenvalue weighted by Crippen LogP contribution is -2.21. The largest absolute Gasteiger partial charge is 0.506 e. The molecule has 0 saturated carbocycles. The van der Waals surface area contributed by atoms with Crippen molar-refractivity contribution < 1.29 is 14.6 Å². The molecule has 0 radical (unpaired) electrons. The third-order valence-corrected chi connectivity index (χ3v) is 3.52. The lowest BCUT2D eigenvalue weighted by Gasteiger charge is -2.22. The molecule has 4 nitrogen and oxygen atoms in total. The highest BCUT2D eigenvalue weighted by Crippen LogP contribution is 2.26. The number of rotatable bonds is 4. The van der Waals surface area contributed by atoms with Crippen LogP contribution < -0.4 is 5.32 Å². The summed E-state index contributed by atoms with van der Waals surface area (Å²) >= 11 is 5.70. The Morgan fingerprint density at radius 2 is 2.32 bits per heavy atom. The van der Waals surface area contributed by atoms with Crippen molar-refractivity contribution in [2.75, 3.05) is 11.9 Å². The summed E-state index contributed by atoms with van der Waals surface area (Å²) in [4.78, 5) is 11.8. The topological polar surface area (TPSA) is 58.6 Å². The van der Waals surface area contributed by atoms with Crippen LogP contribution in [0.5, 0.6) is 5.75 Å². The first kappa shape index (κ1) is 14.2. The zero-order chi connectivity index (χ0) is 13.7. The molecule has 0 aliphatic carbocycles. The van der Waals surface area contributed by atoms with Gasteiger partial charge in [-0.3, -0.25) is 4.79 Å². The molecule has 1 aliphatic rings. The smallest absolute Gasteiger partial charge is 0.224 e. The van der Waals surface area contributed by atoms with E-state index in [0.29, 0.717) is 12.1 Å². The van der Waals surface area contributed by atoms with E-state index >= 15 is 0 Å². The van der Waals surface area contributed by atoms with Crippen molar-refractivity contribution in [3.05, 3.63) is 23.2 Å². The Balaban J connectivity index is 1.78. The molecule has 5 heteroatoms. The number of carbonyl (C=O) groups is 1. The molecule has 1 amide bonds. The van der Waals surface area contributed by atoms with Crippen LogP contribution in [0.4, 0.5) is 5.69 Å². The van der Waals surface area contributed by atoms with Crippen molar-refractivity contribution in [2.24, 2.45) is 0 Å². The molecule has 0 aromatic heterocycles. The Morgan fingerprint density at radius 3 is 3.00 bits per heavy atom. The number of phenolic OH excluding ortho intramolecular Hbond substituents is 1. The van der Waals surface area contributed by atoms with Gasteiger partial charge in [0, 0.05) is 24.8 Å². The Kier molecular flexibility index (Phi) is 5.05. The Morgan fingerprint density at radius 1 is 1.47 bits per heavy atom. The summed E-state index contributed by atoms with van der Waals surface area (Å²) < 4.78 is 5.58. The average molecular weight is 284 g/mol. The molecular weight excluding hydrogens is 266 g/mol. The van der Waals surface area contributed by atoms with Crippen LogP contribution in [0, 0.1) is 0 Å². The van der Waals surface area contributed by atoms with Crippen LogP contribution in [0.15, 0.2) is 18.2 Å². The normalized spacial score (nSPS) is 19.1. The van der Waals surface area contributed by atoms with Gasteiger partial charge in [-0.15, -0.1) is 0 Å². The number of nitrogens with one attached hydrogen (secondary N) is 1. The van der Waals surface area contributed by atoms with E-state index in [1.54, 1.807) is 12.1 Å². The maximum atomic E-state index is 11.8. The minimum absolute atomic E-state index is 0.0323. The van der Waals surface area contributed by atoms with E-state index in [2.05, 4.69) is 5.32 Å². The van der Waals surface area contributed by atoms with Crippen molar-refractivity contribution >= 4 is 23.2 Å². The fourth-order valence-electron chi connectivity index (χ4n) is 2.14. The second-order valence-electron chi connectivity index (χ2n) is 4.74. The zero-order valence-electron chi connectivity index (χ0n) is 10.7. The highest BCUT2D eigenvalue weighted by atomic mass is 35.5. The fraction of sp³-hybridized carbons (Fsp3) is 0.500. The molecule has 1 heterocycles. The predicted molar refractivity (Wildman–Crippen MR) is 74.6 cm³/mol. The van der Waals surface area contributed by atoms with Gasteiger partial charge in [0.15, 0.2) is 0 Å². The lowest BCUT2D eigenvalue weighted by molar-refractivity contribution is -0.117. The van der Waals surface area contributed by atoms with Gasteiger partial charge in [0.2, 0.25) is 5.91 Å². The molecule has 1 unspecified atom stereocenters. The maximum Gasteiger partial charge on any atom is 0.224 e. The number of anilines is 1. The molecule has 1 saturated heterocycles. The summed E-state index contributed by atoms with van der Waals surface area (Å²) in [6, 6.07) is 4.66. The van der Waals surface area contributed by atoms with Crippen LogP contribution >= 0.6 is 11.6 Å². The van der Waals surface area contributed by atoms with Crippen LogP contribution in [-0.4, -0.2) is 23.7 Å². The summed E-state index contributed by atoms with van der Waals surface area (Å²) in [6.07, 6.45) is 4.71. The lowest BCUT2D eigenvalue weighted by atomic mass is 10.0. The van der Waals surface area contributed by atoms with E-state index in [4.69, 9.17) is 16.3 Å². The minimum atomic E-state index is -0.0732. The summed E-state index contributed by atoms with van der Waals surface area (Å²) in [5.74, 6) is -0.106. The van der Waals surface area contributed by atoms with Gasteiger partial charge in [0.05, 0.1) is 11.1 Å². The second-order valence-corrected chi connectivity index (χ2v) is 5.15. The first-order chi connectivity index (χ1) is 9.15. The second kappa shape index (κ2) is 6.78. The maximum absolute atomic E-state index is 11.8. The number of carbonyl (C=O) groups excluding carboxylic acids is 1. The van der Waals surface area contributed by atoms with Crippen molar-refractivity contribution in [3.63, 3.8) is 0 Å². The van der Waals surface area contributed by atoms with Crippen LogP contribution in [0.25, 0.3) is 0 Å². The quantitative estimate of drug-likeness (QED) is 0.891. The molecule has 1 aromatic rings. The minimum Gasteiger partial charge on any atom is -0.506 e. The number of amides is 1. The molecule has 2 rings (SSSR count). The summed E-state index contributed by atoms with van der Waals surface area (Å²) in [6.45, 7) is 0.803. The van der Waals surface area contributed by atoms with E-state index in [-0.39, 0.29) is 22.8 Å². The SMILES string of the molecule is O=C(CCC1CCCCO1)Nc1ccc(Cl)c(O)c1. The Hall–Kier alpha value is -1.26. The highest BCUT2D eigenvalue weighted by molar-refractivity contribution is 6.32. The van der Waals surface area contributed by atoms with E-state index in [1.165, 1.54) is 12.5 Å². The van der Waals surface area contributed by atoms with Crippen molar-refractivity contribution in [1.82, 2.24) is 0 Å². The molecule has 1 aliphatic heterocycles. The molecule has 0 bridgehead atoms. The van der Waals surface area contributed by atoms with Crippen LogP contribution in [0.1, 0.15) is 32.1 Å². The van der Waals surface area contributed by atoms with Gasteiger partial charge < -0.3 is 15.2 Å². The van der Waals surface area contributed by atoms with Gasteiger partial charge in [0.1, 0.15) is 5.75 Å². The number of aromatic hydroxyl groups is 1. The molecule has 1 fully saturated rings. The first-order valence-corrected chi connectivity index (χ1v) is 6.93. The molecule has 104 valence electrons. The molecule has 2 N–H and O–H groups in total. The van der Waals surface area contributed by atoms with E-state index < -0.39 is 0 Å². The predicted octanol–water partition coefficient (Wildman–Crippen LogP) is 3.33. The molecule has 0 spiro atoms. The van der Waals surface area contributed by atoms with Crippen molar-refractivity contribution in [3.8, 4) is 5.75 Å². The number of halogens is 1. The van der Waals surface area contributed by atoms with Crippen LogP contribution in [-0.2, 0) is 9.53 Å². The van der Waals surface area contributed by atoms with Gasteiger partial charge in [-0.2, -0.15) is 0 Å². The third-order valence-electron chi connectivity index (χ3n) is 3.20.